The number of rotatable bonds is 6. The van der Waals surface area contributed by atoms with E-state index in [1.807, 2.05) is 18.2 Å². The van der Waals surface area contributed by atoms with E-state index in [1.165, 1.54) is 16.7 Å². The lowest BCUT2D eigenvalue weighted by atomic mass is 10.0. The molecule has 1 atom stereocenters. The van der Waals surface area contributed by atoms with Crippen molar-refractivity contribution in [3.63, 3.8) is 0 Å². The summed E-state index contributed by atoms with van der Waals surface area (Å²) in [6.45, 7) is 2.86. The molecule has 1 aromatic heterocycles. The van der Waals surface area contributed by atoms with E-state index in [0.717, 1.165) is 17.3 Å². The summed E-state index contributed by atoms with van der Waals surface area (Å²) >= 11 is 37.6. The van der Waals surface area contributed by atoms with Crippen molar-refractivity contribution in [2.75, 3.05) is 12.3 Å². The number of ketones is 1. The largest absolute Gasteiger partial charge is 0.359 e. The number of aromatic nitrogens is 3. The minimum absolute atomic E-state index is 0.123. The number of thioether (sulfide) groups is 1. The second-order valence-corrected chi connectivity index (χ2v) is 14.9. The third kappa shape index (κ3) is 7.19. The summed E-state index contributed by atoms with van der Waals surface area (Å²) in [6.07, 6.45) is 1.69. The first-order valence-corrected chi connectivity index (χ1v) is 16.0. The van der Waals surface area contributed by atoms with E-state index in [2.05, 4.69) is 63.2 Å². The van der Waals surface area contributed by atoms with E-state index in [1.54, 1.807) is 42.1 Å². The molecule has 0 saturated carbocycles. The van der Waals surface area contributed by atoms with E-state index >= 15 is 0 Å². The maximum atomic E-state index is 13.3. The van der Waals surface area contributed by atoms with Crippen LogP contribution in [0.2, 0.25) is 0 Å². The van der Waals surface area contributed by atoms with Gasteiger partial charge in [-0.3, -0.25) is 4.79 Å². The smallest absolute Gasteiger partial charge is 0.250 e. The fourth-order valence-electron chi connectivity index (χ4n) is 4.53. The molecule has 1 aliphatic rings. The molecule has 0 N–H and O–H groups in total. The molecule has 1 aliphatic heterocycles. The molecule has 216 valence electrons. The first-order valence-electron chi connectivity index (χ1n) is 12.8. The minimum atomic E-state index is -1.96. The maximum Gasteiger partial charge on any atom is 0.250 e. The number of benzene rings is 3. The Bertz CT molecular complexity index is 1570. The highest BCUT2D eigenvalue weighted by atomic mass is 35.6. The lowest BCUT2D eigenvalue weighted by molar-refractivity contribution is 0.104. The van der Waals surface area contributed by atoms with Crippen molar-refractivity contribution in [1.82, 2.24) is 19.9 Å². The van der Waals surface area contributed by atoms with E-state index < -0.39 is 7.59 Å². The number of halogens is 6. The number of hydrogen-bond donors (Lipinski definition) is 0. The van der Waals surface area contributed by atoms with Gasteiger partial charge in [0, 0.05) is 29.5 Å². The van der Waals surface area contributed by atoms with Gasteiger partial charge in [-0.05, 0) is 23.6 Å². The van der Waals surface area contributed by atoms with Gasteiger partial charge < -0.3 is 4.90 Å². The molecular formula is C30H22Cl6N4OS. The lowest BCUT2D eigenvalue weighted by Crippen LogP contribution is -2.23. The van der Waals surface area contributed by atoms with Gasteiger partial charge in [0.05, 0.1) is 11.1 Å². The van der Waals surface area contributed by atoms with Crippen LogP contribution in [0.15, 0.2) is 90.0 Å². The fraction of sp³-hybridized carbons (Fsp3) is 0.200. The zero-order valence-corrected chi connectivity index (χ0v) is 27.3. The molecule has 1 fully saturated rings. The summed E-state index contributed by atoms with van der Waals surface area (Å²) in [6, 6.07) is 25.8. The summed E-state index contributed by atoms with van der Waals surface area (Å²) in [4.78, 5) is 28.0. The minimum Gasteiger partial charge on any atom is -0.359 e. The molecule has 5 rings (SSSR count). The number of hydrogen-bond acceptors (Lipinski definition) is 6. The molecule has 0 amide bonds. The van der Waals surface area contributed by atoms with Crippen LogP contribution in [0, 0.1) is 0 Å². The van der Waals surface area contributed by atoms with Gasteiger partial charge in [0.25, 0.3) is 0 Å². The van der Waals surface area contributed by atoms with Crippen LogP contribution in [0.1, 0.15) is 40.5 Å². The molecule has 12 heteroatoms. The fourth-order valence-corrected chi connectivity index (χ4v) is 6.35. The number of allylic oxidation sites excluding steroid dienone is 1. The maximum absolute atomic E-state index is 13.3. The third-order valence-corrected chi connectivity index (χ3v) is 8.76. The van der Waals surface area contributed by atoms with Crippen LogP contribution >= 0.6 is 81.4 Å². The Balaban J connectivity index is 1.35. The Morgan fingerprint density at radius 3 is 1.90 bits per heavy atom. The number of alkyl halides is 6. The topological polar surface area (TPSA) is 59.0 Å². The van der Waals surface area contributed by atoms with Crippen LogP contribution in [0.4, 0.5) is 0 Å². The molecule has 4 aromatic rings. The predicted octanol–water partition coefficient (Wildman–Crippen LogP) is 9.69. The van der Waals surface area contributed by atoms with Gasteiger partial charge in [0.15, 0.2) is 23.3 Å². The van der Waals surface area contributed by atoms with Crippen molar-refractivity contribution in [2.24, 2.45) is 0 Å². The standard InChI is InChI=1S/C30H22Cl6N4OS/c1-2-40-23(20-10-8-19(9-11-20)18-6-4-3-5-7-18)17-42-25(40)16-24(41)21-12-14-22(15-13-21)26-37-27(29(31,32)33)39-28(38-26)30(34,35)36/h3-16,23H,2,17H2,1H3. The van der Waals surface area contributed by atoms with Crippen molar-refractivity contribution in [1.29, 1.82) is 0 Å². The lowest BCUT2D eigenvalue weighted by Gasteiger charge is -2.26. The first-order chi connectivity index (χ1) is 19.9. The van der Waals surface area contributed by atoms with Gasteiger partial charge in [0.1, 0.15) is 0 Å². The van der Waals surface area contributed by atoms with E-state index in [9.17, 15) is 4.79 Å². The van der Waals surface area contributed by atoms with Crippen molar-refractivity contribution < 1.29 is 4.79 Å². The monoisotopic (exact) mass is 696 g/mol. The molecule has 0 spiro atoms. The van der Waals surface area contributed by atoms with Gasteiger partial charge in [-0.15, -0.1) is 11.8 Å². The number of carbonyl (C=O) groups excluding carboxylic acids is 1. The third-order valence-electron chi connectivity index (χ3n) is 6.62. The van der Waals surface area contributed by atoms with Crippen molar-refractivity contribution >= 4 is 87.2 Å². The van der Waals surface area contributed by atoms with Crippen molar-refractivity contribution in [3.8, 4) is 22.5 Å². The molecule has 0 radical (unpaired) electrons. The molecule has 0 bridgehead atoms. The molecule has 42 heavy (non-hydrogen) atoms. The van der Waals surface area contributed by atoms with Crippen LogP contribution < -0.4 is 0 Å². The summed E-state index contributed by atoms with van der Waals surface area (Å²) in [7, 11) is 0. The van der Waals surface area contributed by atoms with Crippen LogP contribution in [0.25, 0.3) is 22.5 Å². The van der Waals surface area contributed by atoms with Crippen molar-refractivity contribution in [2.45, 2.75) is 20.6 Å². The summed E-state index contributed by atoms with van der Waals surface area (Å²) < 4.78 is -3.92. The Morgan fingerprint density at radius 2 is 1.36 bits per heavy atom. The molecule has 2 heterocycles. The SMILES string of the molecule is CCN1C(=CC(=O)c2ccc(-c3nc(C(Cl)(Cl)Cl)nc(C(Cl)(Cl)Cl)n3)cc2)SCC1c1ccc(-c2ccccc2)cc1. The Labute approximate surface area is 278 Å². The summed E-state index contributed by atoms with van der Waals surface area (Å²) in [5.74, 6) is 0.487. The summed E-state index contributed by atoms with van der Waals surface area (Å²) in [5, 5.41) is 0.931. The zero-order valence-electron chi connectivity index (χ0n) is 21.9. The van der Waals surface area contributed by atoms with E-state index in [0.29, 0.717) is 11.1 Å². The van der Waals surface area contributed by atoms with Crippen molar-refractivity contribution in [3.05, 3.63) is 113 Å². The average molecular weight is 699 g/mol. The van der Waals surface area contributed by atoms with Crippen LogP contribution in [0.3, 0.4) is 0 Å². The highest BCUT2D eigenvalue weighted by Crippen LogP contribution is 2.42. The van der Waals surface area contributed by atoms with E-state index in [-0.39, 0.29) is 29.3 Å². The number of nitrogens with zero attached hydrogens (tertiary/aromatic N) is 4. The Morgan fingerprint density at radius 1 is 0.810 bits per heavy atom. The normalized spacial score (nSPS) is 16.7. The highest BCUT2D eigenvalue weighted by Gasteiger charge is 2.34. The highest BCUT2D eigenvalue weighted by molar-refractivity contribution is 8.03. The average Bonchev–Trinajstić information content (AvgIpc) is 3.39. The van der Waals surface area contributed by atoms with Crippen LogP contribution in [-0.4, -0.2) is 37.9 Å². The van der Waals surface area contributed by atoms with Gasteiger partial charge in [-0.25, -0.2) is 15.0 Å². The molecule has 5 nitrogen and oxygen atoms in total. The molecule has 1 saturated heterocycles. The second kappa shape index (κ2) is 12.9. The number of carbonyl (C=O) groups is 1. The first kappa shape index (κ1) is 31.4. The Kier molecular flexibility index (Phi) is 9.65. The Hall–Kier alpha value is -2.03. The van der Waals surface area contributed by atoms with Crippen LogP contribution in [0.5, 0.6) is 0 Å². The second-order valence-electron chi connectivity index (χ2n) is 9.33. The van der Waals surface area contributed by atoms with E-state index in [4.69, 9.17) is 69.6 Å². The van der Waals surface area contributed by atoms with Gasteiger partial charge >= 0.3 is 0 Å². The molecule has 0 aliphatic carbocycles. The zero-order chi connectivity index (χ0) is 30.1. The molecular weight excluding hydrogens is 677 g/mol. The molecule has 3 aromatic carbocycles. The predicted molar refractivity (Wildman–Crippen MR) is 176 cm³/mol. The summed E-state index contributed by atoms with van der Waals surface area (Å²) in [5.41, 5.74) is 4.59. The van der Waals surface area contributed by atoms with Gasteiger partial charge in [-0.2, -0.15) is 0 Å². The quantitative estimate of drug-likeness (QED) is 0.114. The van der Waals surface area contributed by atoms with Gasteiger partial charge in [-0.1, -0.05) is 148 Å². The molecule has 1 unspecified atom stereocenters. The van der Waals surface area contributed by atoms with Crippen LogP contribution in [-0.2, 0) is 7.59 Å². The van der Waals surface area contributed by atoms with Gasteiger partial charge in [0.2, 0.25) is 7.59 Å².